The molecule has 0 spiro atoms. The molecule has 1 heterocycles. The quantitative estimate of drug-likeness (QED) is 0.454. The Morgan fingerprint density at radius 1 is 1.20 bits per heavy atom. The number of para-hydroxylation sites is 1. The Hall–Kier alpha value is -2.88. The van der Waals surface area contributed by atoms with Crippen LogP contribution in [0.25, 0.3) is 0 Å². The molecule has 5 amide bonds. The lowest BCUT2D eigenvalue weighted by atomic mass is 10.1. The third-order valence-electron chi connectivity index (χ3n) is 4.73. The number of anilines is 1. The summed E-state index contributed by atoms with van der Waals surface area (Å²) in [4.78, 5) is 64.9. The van der Waals surface area contributed by atoms with Crippen molar-refractivity contribution in [2.24, 2.45) is 0 Å². The molecule has 1 aliphatic heterocycles. The Labute approximate surface area is 179 Å². The van der Waals surface area contributed by atoms with Crippen molar-refractivity contribution < 1.29 is 24.0 Å². The third-order valence-corrected chi connectivity index (χ3v) is 5.38. The van der Waals surface area contributed by atoms with E-state index in [-0.39, 0.29) is 19.6 Å². The van der Waals surface area contributed by atoms with E-state index in [1.807, 2.05) is 6.26 Å². The number of likely N-dealkylation sites (N-methyl/N-ethyl adjacent to an activating group) is 1. The molecule has 30 heavy (non-hydrogen) atoms. The molecule has 0 unspecified atom stereocenters. The summed E-state index contributed by atoms with van der Waals surface area (Å²) in [6, 6.07) is 6.93. The van der Waals surface area contributed by atoms with E-state index in [1.54, 1.807) is 37.3 Å². The zero-order valence-electron chi connectivity index (χ0n) is 17.1. The van der Waals surface area contributed by atoms with Crippen LogP contribution in [0.15, 0.2) is 30.3 Å². The SMILES string of the molecule is CCN1CCN(C(=O)N[C@@H](CCSC)C(=O)N(CC=O)c2ccccc2)C(=O)C1=O. The summed E-state index contributed by atoms with van der Waals surface area (Å²) in [6.07, 6.45) is 2.80. The molecule has 10 heteroatoms. The predicted molar refractivity (Wildman–Crippen MR) is 114 cm³/mol. The smallest absolute Gasteiger partial charge is 0.325 e. The van der Waals surface area contributed by atoms with Crippen LogP contribution in [0.5, 0.6) is 0 Å². The van der Waals surface area contributed by atoms with E-state index in [0.29, 0.717) is 30.7 Å². The van der Waals surface area contributed by atoms with Crippen LogP contribution in [0.1, 0.15) is 13.3 Å². The van der Waals surface area contributed by atoms with Crippen LogP contribution in [0.3, 0.4) is 0 Å². The first-order chi connectivity index (χ1) is 14.4. The lowest BCUT2D eigenvalue weighted by Crippen LogP contribution is -2.60. The summed E-state index contributed by atoms with van der Waals surface area (Å²) >= 11 is 1.50. The van der Waals surface area contributed by atoms with Crippen molar-refractivity contribution in [1.82, 2.24) is 15.1 Å². The fraction of sp³-hybridized carbons (Fsp3) is 0.450. The molecule has 1 N–H and O–H groups in total. The van der Waals surface area contributed by atoms with Crippen LogP contribution in [0.4, 0.5) is 10.5 Å². The molecular formula is C20H26N4O5S. The number of nitrogens with one attached hydrogen (secondary N) is 1. The summed E-state index contributed by atoms with van der Waals surface area (Å²) in [5, 5.41) is 2.59. The standard InChI is InChI=1S/C20H26N4O5S/c1-3-22-10-11-24(19(28)18(22)27)20(29)21-16(9-14-30-2)17(26)23(12-13-25)15-7-5-4-6-8-15/h4-8,13,16H,3,9-12,14H2,1-2H3,(H,21,29)/t16-/m0/s1. The topological polar surface area (TPSA) is 107 Å². The van der Waals surface area contributed by atoms with Crippen LogP contribution in [0, 0.1) is 0 Å². The highest BCUT2D eigenvalue weighted by Crippen LogP contribution is 2.16. The minimum atomic E-state index is -0.947. The molecule has 0 aliphatic carbocycles. The Bertz CT molecular complexity index is 789. The van der Waals surface area contributed by atoms with Gasteiger partial charge in [0.2, 0.25) is 5.91 Å². The lowest BCUT2D eigenvalue weighted by molar-refractivity contribution is -0.153. The number of carbonyl (C=O) groups is 5. The minimum Gasteiger partial charge on any atom is -0.333 e. The van der Waals surface area contributed by atoms with Gasteiger partial charge in [-0.3, -0.25) is 19.3 Å². The maximum absolute atomic E-state index is 13.2. The van der Waals surface area contributed by atoms with E-state index in [4.69, 9.17) is 0 Å². The van der Waals surface area contributed by atoms with Crippen molar-refractivity contribution in [2.45, 2.75) is 19.4 Å². The van der Waals surface area contributed by atoms with Gasteiger partial charge in [-0.15, -0.1) is 0 Å². The molecule has 9 nitrogen and oxygen atoms in total. The molecule has 0 saturated carbocycles. The Morgan fingerprint density at radius 3 is 2.50 bits per heavy atom. The van der Waals surface area contributed by atoms with Crippen molar-refractivity contribution in [3.8, 4) is 0 Å². The Morgan fingerprint density at radius 2 is 1.90 bits per heavy atom. The van der Waals surface area contributed by atoms with Gasteiger partial charge in [0.05, 0.1) is 6.54 Å². The van der Waals surface area contributed by atoms with Gasteiger partial charge >= 0.3 is 17.8 Å². The summed E-state index contributed by atoms with van der Waals surface area (Å²) in [5.41, 5.74) is 0.529. The number of benzene rings is 1. The second kappa shape index (κ2) is 11.3. The fourth-order valence-electron chi connectivity index (χ4n) is 3.08. The Balaban J connectivity index is 2.19. The number of rotatable bonds is 9. The van der Waals surface area contributed by atoms with Crippen molar-refractivity contribution in [1.29, 1.82) is 0 Å². The molecule has 162 valence electrons. The first kappa shape index (κ1) is 23.4. The number of urea groups is 1. The first-order valence-electron chi connectivity index (χ1n) is 9.64. The zero-order valence-corrected chi connectivity index (χ0v) is 17.9. The van der Waals surface area contributed by atoms with E-state index in [2.05, 4.69) is 5.32 Å². The van der Waals surface area contributed by atoms with Gasteiger partial charge < -0.3 is 19.9 Å². The fourth-order valence-corrected chi connectivity index (χ4v) is 3.55. The van der Waals surface area contributed by atoms with Gasteiger partial charge in [-0.1, -0.05) is 18.2 Å². The molecule has 1 saturated heterocycles. The van der Waals surface area contributed by atoms with E-state index >= 15 is 0 Å². The van der Waals surface area contributed by atoms with E-state index in [9.17, 15) is 24.0 Å². The molecule has 0 aromatic heterocycles. The van der Waals surface area contributed by atoms with E-state index in [0.717, 1.165) is 4.90 Å². The van der Waals surface area contributed by atoms with Crippen LogP contribution in [-0.2, 0) is 19.2 Å². The first-order valence-corrected chi connectivity index (χ1v) is 11.0. The number of amides is 5. The third kappa shape index (κ3) is 5.59. The number of aldehydes is 1. The monoisotopic (exact) mass is 434 g/mol. The Kier molecular flexibility index (Phi) is 8.85. The van der Waals surface area contributed by atoms with Crippen molar-refractivity contribution >= 4 is 47.5 Å². The average Bonchev–Trinajstić information content (AvgIpc) is 2.76. The maximum atomic E-state index is 13.2. The van der Waals surface area contributed by atoms with Gasteiger partial charge in [0.1, 0.15) is 12.3 Å². The summed E-state index contributed by atoms with van der Waals surface area (Å²) in [5.74, 6) is -1.53. The summed E-state index contributed by atoms with van der Waals surface area (Å²) in [6.45, 7) is 2.28. The van der Waals surface area contributed by atoms with Gasteiger partial charge in [-0.05, 0) is 37.5 Å². The number of thioether (sulfide) groups is 1. The molecule has 1 aliphatic rings. The van der Waals surface area contributed by atoms with Gasteiger partial charge in [0.25, 0.3) is 0 Å². The minimum absolute atomic E-state index is 0.0599. The van der Waals surface area contributed by atoms with Crippen molar-refractivity contribution in [3.05, 3.63) is 30.3 Å². The van der Waals surface area contributed by atoms with Crippen molar-refractivity contribution in [3.63, 3.8) is 0 Å². The van der Waals surface area contributed by atoms with Gasteiger partial charge in [-0.2, -0.15) is 11.8 Å². The van der Waals surface area contributed by atoms with E-state index in [1.165, 1.54) is 21.6 Å². The zero-order chi connectivity index (χ0) is 22.1. The number of hydrogen-bond acceptors (Lipinski definition) is 6. The number of carbonyl (C=O) groups excluding carboxylic acids is 5. The number of nitrogens with zero attached hydrogens (tertiary/aromatic N) is 3. The molecule has 1 aromatic carbocycles. The molecule has 1 atom stereocenters. The van der Waals surface area contributed by atoms with Crippen LogP contribution in [0.2, 0.25) is 0 Å². The van der Waals surface area contributed by atoms with Crippen molar-refractivity contribution in [2.75, 3.05) is 43.1 Å². The molecule has 2 rings (SSSR count). The van der Waals surface area contributed by atoms with Gasteiger partial charge in [0.15, 0.2) is 0 Å². The maximum Gasteiger partial charge on any atom is 0.325 e. The second-order valence-electron chi connectivity index (χ2n) is 6.58. The lowest BCUT2D eigenvalue weighted by Gasteiger charge is -2.33. The molecule has 1 fully saturated rings. The van der Waals surface area contributed by atoms with Crippen LogP contribution in [-0.4, -0.2) is 84.1 Å². The predicted octanol–water partition coefficient (Wildman–Crippen LogP) is 0.741. The average molecular weight is 435 g/mol. The number of hydrogen-bond donors (Lipinski definition) is 1. The highest BCUT2D eigenvalue weighted by Gasteiger charge is 2.37. The largest absolute Gasteiger partial charge is 0.333 e. The number of piperazine rings is 1. The molecule has 0 bridgehead atoms. The van der Waals surface area contributed by atoms with Gasteiger partial charge in [0, 0.05) is 25.3 Å². The normalized spacial score (nSPS) is 15.0. The summed E-state index contributed by atoms with van der Waals surface area (Å²) < 4.78 is 0. The molecular weight excluding hydrogens is 408 g/mol. The summed E-state index contributed by atoms with van der Waals surface area (Å²) in [7, 11) is 0. The number of imide groups is 1. The highest BCUT2D eigenvalue weighted by atomic mass is 32.2. The molecule has 0 radical (unpaired) electrons. The van der Waals surface area contributed by atoms with Crippen LogP contribution < -0.4 is 10.2 Å². The van der Waals surface area contributed by atoms with Crippen LogP contribution >= 0.6 is 11.8 Å². The second-order valence-corrected chi connectivity index (χ2v) is 7.56. The highest BCUT2D eigenvalue weighted by molar-refractivity contribution is 7.98. The van der Waals surface area contributed by atoms with Gasteiger partial charge in [-0.25, -0.2) is 4.79 Å². The molecule has 1 aromatic rings. The van der Waals surface area contributed by atoms with E-state index < -0.39 is 29.8 Å².